The van der Waals surface area contributed by atoms with Gasteiger partial charge in [-0.3, -0.25) is 0 Å². The average Bonchev–Trinajstić information content (AvgIpc) is 3.68. The molecule has 4 aromatic carbocycles. The van der Waals surface area contributed by atoms with E-state index in [9.17, 15) is 9.90 Å². The van der Waals surface area contributed by atoms with Crippen LogP contribution in [0.2, 0.25) is 0 Å². The molecule has 0 unspecified atom stereocenters. The lowest BCUT2D eigenvalue weighted by Gasteiger charge is -2.12. The van der Waals surface area contributed by atoms with Crippen LogP contribution in [-0.2, 0) is 13.0 Å². The summed E-state index contributed by atoms with van der Waals surface area (Å²) >= 11 is 0. The zero-order valence-corrected chi connectivity index (χ0v) is 23.2. The van der Waals surface area contributed by atoms with E-state index in [1.54, 1.807) is 6.07 Å². The topological polar surface area (TPSA) is 110 Å². The minimum atomic E-state index is -0.961. The quantitative estimate of drug-likeness (QED) is 0.174. The minimum absolute atomic E-state index is 0.256. The number of hydrogen-bond donors (Lipinski definition) is 2. The number of aromatic nitrogens is 6. The molecular weight excluding hydrogens is 524 g/mol. The van der Waals surface area contributed by atoms with Crippen molar-refractivity contribution >= 4 is 29.2 Å². The molecule has 0 fully saturated rings. The second kappa shape index (κ2) is 12.0. The van der Waals surface area contributed by atoms with Crippen LogP contribution in [0, 0.1) is 0 Å². The molecule has 0 aliphatic rings. The number of carbonyl (C=O) groups is 1. The van der Waals surface area contributed by atoms with Crippen LogP contribution in [0.15, 0.2) is 91.0 Å². The molecule has 0 saturated heterocycles. The first-order valence-electron chi connectivity index (χ1n) is 14.0. The van der Waals surface area contributed by atoms with Gasteiger partial charge in [0.25, 0.3) is 0 Å². The number of nitrogens with zero attached hydrogens (tertiary/aromatic N) is 5. The first-order valence-corrected chi connectivity index (χ1v) is 14.0. The Morgan fingerprint density at radius 3 is 2.40 bits per heavy atom. The third-order valence-corrected chi connectivity index (χ3v) is 7.36. The standard InChI is InChI=1S/C34H30N6O2/c1-2-3-13-32-35-30-20-26(19-14-23-9-5-4-6-10-23)29(34(41)42)21-31(30)40(32)22-24-15-17-25(18-16-24)27-11-7-8-12-28(27)33-36-38-39-37-33/h4-12,14-21H,2-3,13,22H2,1H3,(H,41,42)(H,36,37,38,39). The van der Waals surface area contributed by atoms with Crippen molar-refractivity contribution < 1.29 is 9.90 Å². The van der Waals surface area contributed by atoms with Gasteiger partial charge >= 0.3 is 5.97 Å². The Kier molecular flexibility index (Phi) is 7.68. The lowest BCUT2D eigenvalue weighted by molar-refractivity contribution is 0.0697. The molecule has 2 heterocycles. The second-order valence-electron chi connectivity index (χ2n) is 10.2. The van der Waals surface area contributed by atoms with Gasteiger partial charge in [0.2, 0.25) is 5.82 Å². The van der Waals surface area contributed by atoms with E-state index in [2.05, 4.69) is 56.4 Å². The van der Waals surface area contributed by atoms with Gasteiger partial charge in [0.05, 0.1) is 16.6 Å². The van der Waals surface area contributed by atoms with Crippen molar-refractivity contribution in [3.05, 3.63) is 119 Å². The molecule has 0 spiro atoms. The van der Waals surface area contributed by atoms with Gasteiger partial charge in [-0.15, -0.1) is 10.2 Å². The summed E-state index contributed by atoms with van der Waals surface area (Å²) in [5.41, 5.74) is 7.57. The number of H-pyrrole nitrogens is 1. The van der Waals surface area contributed by atoms with Crippen molar-refractivity contribution in [1.29, 1.82) is 0 Å². The molecule has 0 amide bonds. The van der Waals surface area contributed by atoms with E-state index in [0.29, 0.717) is 17.9 Å². The lowest BCUT2D eigenvalue weighted by Crippen LogP contribution is -2.06. The van der Waals surface area contributed by atoms with Gasteiger partial charge < -0.3 is 9.67 Å². The van der Waals surface area contributed by atoms with E-state index in [1.807, 2.05) is 72.8 Å². The number of benzene rings is 4. The summed E-state index contributed by atoms with van der Waals surface area (Å²) in [5.74, 6) is 0.545. The zero-order valence-electron chi connectivity index (χ0n) is 23.2. The van der Waals surface area contributed by atoms with Crippen LogP contribution in [0.1, 0.15) is 52.6 Å². The summed E-state index contributed by atoms with van der Waals surface area (Å²) in [6.07, 6.45) is 6.65. The Bertz CT molecular complexity index is 1860. The normalized spacial score (nSPS) is 11.5. The fraction of sp³-hybridized carbons (Fsp3) is 0.147. The molecule has 8 nitrogen and oxygen atoms in total. The van der Waals surface area contributed by atoms with E-state index in [4.69, 9.17) is 4.98 Å². The molecule has 0 radical (unpaired) electrons. The first-order chi connectivity index (χ1) is 20.6. The number of imidazole rings is 1. The molecule has 208 valence electrons. The van der Waals surface area contributed by atoms with Crippen molar-refractivity contribution in [2.45, 2.75) is 32.7 Å². The van der Waals surface area contributed by atoms with Gasteiger partial charge in [-0.1, -0.05) is 104 Å². The van der Waals surface area contributed by atoms with Crippen LogP contribution in [0.4, 0.5) is 0 Å². The fourth-order valence-electron chi connectivity index (χ4n) is 5.19. The van der Waals surface area contributed by atoms with E-state index in [0.717, 1.165) is 63.9 Å². The predicted octanol–water partition coefficient (Wildman–Crippen LogP) is 7.14. The predicted molar refractivity (Wildman–Crippen MR) is 165 cm³/mol. The van der Waals surface area contributed by atoms with Gasteiger partial charge in [0.1, 0.15) is 5.82 Å². The zero-order chi connectivity index (χ0) is 28.9. The fourth-order valence-corrected chi connectivity index (χ4v) is 5.19. The monoisotopic (exact) mass is 554 g/mol. The molecule has 8 heteroatoms. The number of fused-ring (bicyclic) bond motifs is 1. The second-order valence-corrected chi connectivity index (χ2v) is 10.2. The van der Waals surface area contributed by atoms with Crippen LogP contribution >= 0.6 is 0 Å². The number of unbranched alkanes of at least 4 members (excludes halogenated alkanes) is 1. The summed E-state index contributed by atoms with van der Waals surface area (Å²) in [6.45, 7) is 2.74. The molecule has 2 N–H and O–H groups in total. The largest absolute Gasteiger partial charge is 0.478 e. The number of tetrazole rings is 1. The number of carboxylic acids is 1. The Hall–Kier alpha value is -5.37. The molecule has 42 heavy (non-hydrogen) atoms. The molecule has 2 aromatic heterocycles. The average molecular weight is 555 g/mol. The Morgan fingerprint density at radius 1 is 0.929 bits per heavy atom. The van der Waals surface area contributed by atoms with E-state index >= 15 is 0 Å². The van der Waals surface area contributed by atoms with Crippen molar-refractivity contribution in [2.75, 3.05) is 0 Å². The number of aromatic carboxylic acids is 1. The Balaban J connectivity index is 1.36. The minimum Gasteiger partial charge on any atom is -0.478 e. The van der Waals surface area contributed by atoms with Crippen molar-refractivity contribution in [3.8, 4) is 22.5 Å². The van der Waals surface area contributed by atoms with Crippen LogP contribution in [0.25, 0.3) is 45.7 Å². The van der Waals surface area contributed by atoms with Gasteiger partial charge in [-0.2, -0.15) is 5.21 Å². The highest BCUT2D eigenvalue weighted by molar-refractivity contribution is 5.98. The Labute approximate surface area is 243 Å². The lowest BCUT2D eigenvalue weighted by atomic mass is 9.98. The summed E-state index contributed by atoms with van der Waals surface area (Å²) < 4.78 is 2.16. The maximum atomic E-state index is 12.3. The smallest absolute Gasteiger partial charge is 0.336 e. The number of nitrogens with one attached hydrogen (secondary N) is 1. The van der Waals surface area contributed by atoms with Crippen LogP contribution in [0.3, 0.4) is 0 Å². The highest BCUT2D eigenvalue weighted by Crippen LogP contribution is 2.30. The van der Waals surface area contributed by atoms with E-state index < -0.39 is 5.97 Å². The van der Waals surface area contributed by atoms with Gasteiger partial charge in [0.15, 0.2) is 0 Å². The summed E-state index contributed by atoms with van der Waals surface area (Å²) in [4.78, 5) is 17.3. The molecule has 0 bridgehead atoms. The number of rotatable bonds is 10. The van der Waals surface area contributed by atoms with Crippen LogP contribution in [0.5, 0.6) is 0 Å². The molecule has 6 aromatic rings. The van der Waals surface area contributed by atoms with Crippen LogP contribution < -0.4 is 0 Å². The van der Waals surface area contributed by atoms with E-state index in [1.165, 1.54) is 0 Å². The summed E-state index contributed by atoms with van der Waals surface area (Å²) in [5, 5.41) is 24.6. The molecule has 0 aliphatic heterocycles. The molecule has 0 saturated carbocycles. The summed E-state index contributed by atoms with van der Waals surface area (Å²) in [6, 6.07) is 29.9. The van der Waals surface area contributed by atoms with E-state index in [-0.39, 0.29) is 5.56 Å². The molecular formula is C34H30N6O2. The van der Waals surface area contributed by atoms with Gasteiger partial charge in [0, 0.05) is 18.5 Å². The third-order valence-electron chi connectivity index (χ3n) is 7.36. The number of carboxylic acid groups (broad SMARTS) is 1. The molecule has 0 atom stereocenters. The van der Waals surface area contributed by atoms with Crippen molar-refractivity contribution in [2.24, 2.45) is 0 Å². The molecule has 6 rings (SSSR count). The molecule has 0 aliphatic carbocycles. The first kappa shape index (κ1) is 26.8. The summed E-state index contributed by atoms with van der Waals surface area (Å²) in [7, 11) is 0. The third kappa shape index (κ3) is 5.60. The maximum Gasteiger partial charge on any atom is 0.336 e. The maximum absolute atomic E-state index is 12.3. The SMILES string of the molecule is CCCCc1nc2cc(C=Cc3ccccc3)c(C(=O)O)cc2n1Cc1ccc(-c2ccccc2-c2nn[nH]n2)cc1. The number of aromatic amines is 1. The number of aryl methyl sites for hydroxylation is 1. The van der Waals surface area contributed by atoms with Crippen molar-refractivity contribution in [3.63, 3.8) is 0 Å². The Morgan fingerprint density at radius 2 is 1.69 bits per heavy atom. The van der Waals surface area contributed by atoms with Gasteiger partial charge in [-0.05, 0) is 51.6 Å². The number of hydrogen-bond acceptors (Lipinski definition) is 5. The van der Waals surface area contributed by atoms with Crippen molar-refractivity contribution in [1.82, 2.24) is 30.2 Å². The van der Waals surface area contributed by atoms with Gasteiger partial charge in [-0.25, -0.2) is 9.78 Å². The highest BCUT2D eigenvalue weighted by Gasteiger charge is 2.17. The highest BCUT2D eigenvalue weighted by atomic mass is 16.4. The van der Waals surface area contributed by atoms with Crippen LogP contribution in [-0.4, -0.2) is 41.3 Å².